The van der Waals surface area contributed by atoms with Crippen molar-refractivity contribution >= 4 is 34.8 Å². The summed E-state index contributed by atoms with van der Waals surface area (Å²) in [6.45, 7) is -0.447. The van der Waals surface area contributed by atoms with E-state index in [-0.39, 0.29) is 18.5 Å². The van der Waals surface area contributed by atoms with E-state index in [0.29, 0.717) is 11.4 Å². The Hall–Kier alpha value is -3.75. The Morgan fingerprint density at radius 1 is 0.852 bits per heavy atom. The number of anilines is 2. The van der Waals surface area contributed by atoms with Crippen LogP contribution in [0.4, 0.5) is 17.1 Å². The van der Waals surface area contributed by atoms with E-state index in [0.717, 1.165) is 0 Å². The molecule has 27 heavy (non-hydrogen) atoms. The van der Waals surface area contributed by atoms with Crippen LogP contribution in [-0.4, -0.2) is 29.3 Å². The van der Waals surface area contributed by atoms with Gasteiger partial charge in [0.25, 0.3) is 11.6 Å². The molecule has 0 radical (unpaired) electrons. The average molecular weight is 371 g/mol. The topological polar surface area (TPSA) is 128 Å². The number of nitro benzene ring substituents is 1. The smallest absolute Gasteiger partial charge is 0.306 e. The predicted molar refractivity (Wildman–Crippen MR) is 97.0 cm³/mol. The number of para-hydroxylation sites is 1. The Morgan fingerprint density at radius 3 is 2.07 bits per heavy atom. The lowest BCUT2D eigenvalue weighted by molar-refractivity contribution is -0.384. The van der Waals surface area contributed by atoms with Crippen LogP contribution in [0.2, 0.25) is 0 Å². The molecule has 0 aliphatic heterocycles. The highest BCUT2D eigenvalue weighted by atomic mass is 16.6. The van der Waals surface area contributed by atoms with E-state index >= 15 is 0 Å². The Labute approximate surface area is 154 Å². The van der Waals surface area contributed by atoms with Gasteiger partial charge in [0.1, 0.15) is 0 Å². The van der Waals surface area contributed by atoms with Crippen molar-refractivity contribution in [2.24, 2.45) is 0 Å². The molecule has 9 heteroatoms. The molecule has 0 saturated carbocycles. The number of rotatable bonds is 8. The van der Waals surface area contributed by atoms with E-state index in [1.165, 1.54) is 24.3 Å². The highest BCUT2D eigenvalue weighted by Gasteiger charge is 2.11. The van der Waals surface area contributed by atoms with Crippen molar-refractivity contribution in [2.75, 3.05) is 17.2 Å². The Bertz CT molecular complexity index is 821. The van der Waals surface area contributed by atoms with E-state index < -0.39 is 29.3 Å². The van der Waals surface area contributed by atoms with E-state index in [1.807, 2.05) is 0 Å². The van der Waals surface area contributed by atoms with Gasteiger partial charge >= 0.3 is 5.97 Å². The third-order valence-electron chi connectivity index (χ3n) is 3.34. The first-order valence-corrected chi connectivity index (χ1v) is 7.99. The minimum Gasteiger partial charge on any atom is -0.456 e. The number of ether oxygens (including phenoxy) is 1. The standard InChI is InChI=1S/C18H17N3O6/c22-16(19-14-6-8-15(9-7-14)21(25)26)10-11-18(24)27-12-17(23)20-13-4-2-1-3-5-13/h1-9H,10-12H2,(H,19,22)(H,20,23). The summed E-state index contributed by atoms with van der Waals surface area (Å²) in [7, 11) is 0. The van der Waals surface area contributed by atoms with Crippen LogP contribution in [0.3, 0.4) is 0 Å². The molecule has 9 nitrogen and oxygen atoms in total. The fraction of sp³-hybridized carbons (Fsp3) is 0.167. The van der Waals surface area contributed by atoms with Crippen LogP contribution in [0.15, 0.2) is 54.6 Å². The number of hydrogen-bond acceptors (Lipinski definition) is 6. The molecule has 140 valence electrons. The van der Waals surface area contributed by atoms with Gasteiger partial charge in [-0.05, 0) is 24.3 Å². The fourth-order valence-corrected chi connectivity index (χ4v) is 2.04. The quantitative estimate of drug-likeness (QED) is 0.417. The van der Waals surface area contributed by atoms with Crippen LogP contribution in [0, 0.1) is 10.1 Å². The number of carbonyl (C=O) groups excluding carboxylic acids is 3. The van der Waals surface area contributed by atoms with Gasteiger partial charge in [0.05, 0.1) is 11.3 Å². The number of esters is 1. The highest BCUT2D eigenvalue weighted by Crippen LogP contribution is 2.15. The van der Waals surface area contributed by atoms with Gasteiger partial charge in [-0.15, -0.1) is 0 Å². The summed E-state index contributed by atoms with van der Waals surface area (Å²) >= 11 is 0. The van der Waals surface area contributed by atoms with Gasteiger partial charge in [-0.2, -0.15) is 0 Å². The molecule has 0 spiro atoms. The molecule has 0 aliphatic carbocycles. The number of non-ortho nitro benzene ring substituents is 1. The Balaban J connectivity index is 1.67. The average Bonchev–Trinajstić information content (AvgIpc) is 2.66. The first-order chi connectivity index (χ1) is 12.9. The van der Waals surface area contributed by atoms with E-state index in [2.05, 4.69) is 10.6 Å². The lowest BCUT2D eigenvalue weighted by Crippen LogP contribution is -2.21. The molecule has 0 aromatic heterocycles. The summed E-state index contributed by atoms with van der Waals surface area (Å²) in [6, 6.07) is 14.0. The largest absolute Gasteiger partial charge is 0.456 e. The zero-order valence-electron chi connectivity index (χ0n) is 14.2. The maximum absolute atomic E-state index is 11.8. The Morgan fingerprint density at radius 2 is 1.44 bits per heavy atom. The van der Waals surface area contributed by atoms with Crippen molar-refractivity contribution in [3.8, 4) is 0 Å². The molecule has 0 aliphatic rings. The van der Waals surface area contributed by atoms with Gasteiger partial charge < -0.3 is 15.4 Å². The van der Waals surface area contributed by atoms with E-state index in [1.54, 1.807) is 30.3 Å². The third kappa shape index (κ3) is 6.94. The van der Waals surface area contributed by atoms with Gasteiger partial charge in [0.15, 0.2) is 6.61 Å². The molecule has 0 unspecified atom stereocenters. The minimum atomic E-state index is -0.683. The monoisotopic (exact) mass is 371 g/mol. The summed E-state index contributed by atoms with van der Waals surface area (Å²) in [5.41, 5.74) is 0.868. The summed E-state index contributed by atoms with van der Waals surface area (Å²) in [5.74, 6) is -1.61. The van der Waals surface area contributed by atoms with Crippen molar-refractivity contribution in [1.82, 2.24) is 0 Å². The molecular weight excluding hydrogens is 354 g/mol. The zero-order valence-corrected chi connectivity index (χ0v) is 14.2. The molecule has 0 fully saturated rings. The molecule has 2 aromatic rings. The van der Waals surface area contributed by atoms with Crippen LogP contribution in [0.25, 0.3) is 0 Å². The van der Waals surface area contributed by atoms with Gasteiger partial charge in [-0.25, -0.2) is 0 Å². The fourth-order valence-electron chi connectivity index (χ4n) is 2.04. The second-order valence-electron chi connectivity index (χ2n) is 5.43. The van der Waals surface area contributed by atoms with E-state index in [9.17, 15) is 24.5 Å². The van der Waals surface area contributed by atoms with Gasteiger partial charge in [0, 0.05) is 29.9 Å². The molecule has 0 saturated heterocycles. The summed E-state index contributed by atoms with van der Waals surface area (Å²) in [6.07, 6.45) is -0.340. The van der Waals surface area contributed by atoms with Crippen LogP contribution in [-0.2, 0) is 19.1 Å². The van der Waals surface area contributed by atoms with Crippen molar-refractivity contribution in [3.63, 3.8) is 0 Å². The molecule has 0 heterocycles. The SMILES string of the molecule is O=C(CCC(=O)OCC(=O)Nc1ccccc1)Nc1ccc([N+](=O)[O-])cc1. The van der Waals surface area contributed by atoms with Crippen LogP contribution in [0.1, 0.15) is 12.8 Å². The first kappa shape index (κ1) is 19.6. The van der Waals surface area contributed by atoms with Crippen molar-refractivity contribution < 1.29 is 24.0 Å². The summed E-state index contributed by atoms with van der Waals surface area (Å²) in [5, 5.41) is 15.6. The van der Waals surface area contributed by atoms with E-state index in [4.69, 9.17) is 4.74 Å². The molecule has 2 N–H and O–H groups in total. The molecule has 2 aromatic carbocycles. The van der Waals surface area contributed by atoms with Crippen LogP contribution >= 0.6 is 0 Å². The van der Waals surface area contributed by atoms with Crippen molar-refractivity contribution in [1.29, 1.82) is 0 Å². The number of carbonyl (C=O) groups is 3. The molecule has 2 rings (SSSR count). The summed E-state index contributed by atoms with van der Waals surface area (Å²) < 4.78 is 4.81. The third-order valence-corrected chi connectivity index (χ3v) is 3.34. The van der Waals surface area contributed by atoms with Gasteiger partial charge in [-0.1, -0.05) is 18.2 Å². The van der Waals surface area contributed by atoms with Crippen molar-refractivity contribution in [3.05, 3.63) is 64.7 Å². The number of amides is 2. The molecule has 2 amide bonds. The van der Waals surface area contributed by atoms with Crippen LogP contribution < -0.4 is 10.6 Å². The highest BCUT2D eigenvalue weighted by molar-refractivity contribution is 5.94. The number of nitrogens with zero attached hydrogens (tertiary/aromatic N) is 1. The number of benzene rings is 2. The maximum atomic E-state index is 11.8. The minimum absolute atomic E-state index is 0.0923. The Kier molecular flexibility index (Phi) is 7.00. The van der Waals surface area contributed by atoms with Gasteiger partial charge in [-0.3, -0.25) is 24.5 Å². The normalized spacial score (nSPS) is 9.93. The molecule has 0 atom stereocenters. The second kappa shape index (κ2) is 9.66. The lowest BCUT2D eigenvalue weighted by Gasteiger charge is -2.07. The number of hydrogen-bond donors (Lipinski definition) is 2. The second-order valence-corrected chi connectivity index (χ2v) is 5.43. The summed E-state index contributed by atoms with van der Waals surface area (Å²) in [4.78, 5) is 45.1. The first-order valence-electron chi connectivity index (χ1n) is 7.99. The maximum Gasteiger partial charge on any atom is 0.306 e. The zero-order chi connectivity index (χ0) is 19.6. The number of nitrogens with one attached hydrogen (secondary N) is 2. The lowest BCUT2D eigenvalue weighted by atomic mass is 10.2. The van der Waals surface area contributed by atoms with Crippen LogP contribution in [0.5, 0.6) is 0 Å². The van der Waals surface area contributed by atoms with Crippen molar-refractivity contribution in [2.45, 2.75) is 12.8 Å². The molecule has 0 bridgehead atoms. The van der Waals surface area contributed by atoms with Gasteiger partial charge in [0.2, 0.25) is 5.91 Å². The molecular formula is C18H17N3O6. The number of nitro groups is 1. The predicted octanol–water partition coefficient (Wildman–Crippen LogP) is 2.50.